The Morgan fingerprint density at radius 1 is 1.03 bits per heavy atom. The standard InChI is InChI=1S/C25H30N4O4/c1-17(25(31)29-13-11-28(12-14-29)16-18-7-5-4-6-8-18)26-24(30)21-15-19-20(27-21)9-10-22(32-2)23(19)33-3/h4-10,15,17,27H,11-14,16H2,1-3H3,(H,26,30)/t17-/m1/s1. The zero-order chi connectivity index (χ0) is 23.4. The van der Waals surface area contributed by atoms with Gasteiger partial charge in [-0.05, 0) is 30.7 Å². The topological polar surface area (TPSA) is 86.9 Å². The molecule has 33 heavy (non-hydrogen) atoms. The van der Waals surface area contributed by atoms with Crippen molar-refractivity contribution in [2.75, 3.05) is 40.4 Å². The first-order valence-electron chi connectivity index (χ1n) is 11.1. The van der Waals surface area contributed by atoms with Gasteiger partial charge in [0.1, 0.15) is 11.7 Å². The Morgan fingerprint density at radius 3 is 2.42 bits per heavy atom. The van der Waals surface area contributed by atoms with E-state index in [4.69, 9.17) is 9.47 Å². The van der Waals surface area contributed by atoms with Crippen molar-refractivity contribution < 1.29 is 19.1 Å². The molecule has 0 spiro atoms. The third-order valence-corrected chi connectivity index (χ3v) is 6.04. The summed E-state index contributed by atoms with van der Waals surface area (Å²) in [7, 11) is 3.13. The molecule has 0 radical (unpaired) electrons. The predicted octanol–water partition coefficient (Wildman–Crippen LogP) is 2.65. The molecule has 174 valence electrons. The molecule has 8 nitrogen and oxygen atoms in total. The quantitative estimate of drug-likeness (QED) is 0.578. The van der Waals surface area contributed by atoms with Gasteiger partial charge in [-0.15, -0.1) is 0 Å². The van der Waals surface area contributed by atoms with E-state index in [0.29, 0.717) is 30.3 Å². The average Bonchev–Trinajstić information content (AvgIpc) is 3.28. The number of rotatable bonds is 7. The Balaban J connectivity index is 1.35. The fraction of sp³-hybridized carbons (Fsp3) is 0.360. The van der Waals surface area contributed by atoms with Crippen LogP contribution in [-0.4, -0.2) is 73.0 Å². The number of methoxy groups -OCH3 is 2. The SMILES string of the molecule is COc1ccc2[nH]c(C(=O)N[C@H](C)C(=O)N3CCN(Cc4ccccc4)CC3)cc2c1OC. The van der Waals surface area contributed by atoms with Gasteiger partial charge in [0.15, 0.2) is 11.5 Å². The average molecular weight is 451 g/mol. The highest BCUT2D eigenvalue weighted by Crippen LogP contribution is 2.35. The second-order valence-corrected chi connectivity index (χ2v) is 8.23. The van der Waals surface area contributed by atoms with Crippen molar-refractivity contribution in [3.05, 3.63) is 59.8 Å². The Morgan fingerprint density at radius 2 is 1.76 bits per heavy atom. The van der Waals surface area contributed by atoms with Gasteiger partial charge in [0.25, 0.3) is 5.91 Å². The molecule has 0 unspecified atom stereocenters. The van der Waals surface area contributed by atoms with E-state index in [1.54, 1.807) is 33.3 Å². The number of hydrogen-bond donors (Lipinski definition) is 2. The largest absolute Gasteiger partial charge is 0.493 e. The summed E-state index contributed by atoms with van der Waals surface area (Å²) in [4.78, 5) is 33.0. The highest BCUT2D eigenvalue weighted by Gasteiger charge is 2.26. The van der Waals surface area contributed by atoms with Gasteiger partial charge in [0, 0.05) is 38.1 Å². The number of nitrogens with zero attached hydrogens (tertiary/aromatic N) is 2. The lowest BCUT2D eigenvalue weighted by Crippen LogP contribution is -2.53. The number of fused-ring (bicyclic) bond motifs is 1. The number of amides is 2. The lowest BCUT2D eigenvalue weighted by molar-refractivity contribution is -0.134. The van der Waals surface area contributed by atoms with Crippen LogP contribution in [0.5, 0.6) is 11.5 Å². The lowest BCUT2D eigenvalue weighted by Gasteiger charge is -2.36. The first-order chi connectivity index (χ1) is 16.0. The minimum absolute atomic E-state index is 0.0712. The van der Waals surface area contributed by atoms with Crippen LogP contribution in [0.15, 0.2) is 48.5 Å². The summed E-state index contributed by atoms with van der Waals surface area (Å²) in [5.41, 5.74) is 2.39. The van der Waals surface area contributed by atoms with Gasteiger partial charge >= 0.3 is 0 Å². The first-order valence-corrected chi connectivity index (χ1v) is 11.1. The molecule has 0 saturated carbocycles. The number of benzene rings is 2. The highest BCUT2D eigenvalue weighted by molar-refractivity contribution is 6.02. The van der Waals surface area contributed by atoms with E-state index < -0.39 is 6.04 Å². The molecule has 0 bridgehead atoms. The number of hydrogen-bond acceptors (Lipinski definition) is 5. The molecular formula is C25H30N4O4. The molecule has 2 amide bonds. The first kappa shape index (κ1) is 22.7. The maximum Gasteiger partial charge on any atom is 0.268 e. The molecular weight excluding hydrogens is 420 g/mol. The molecule has 2 aromatic carbocycles. The van der Waals surface area contributed by atoms with Gasteiger partial charge < -0.3 is 24.7 Å². The second-order valence-electron chi connectivity index (χ2n) is 8.23. The maximum absolute atomic E-state index is 12.9. The van der Waals surface area contributed by atoms with Gasteiger partial charge in [0.05, 0.1) is 19.7 Å². The third-order valence-electron chi connectivity index (χ3n) is 6.04. The predicted molar refractivity (Wildman–Crippen MR) is 127 cm³/mol. The number of aromatic nitrogens is 1. The van der Waals surface area contributed by atoms with Crippen molar-refractivity contribution in [3.63, 3.8) is 0 Å². The van der Waals surface area contributed by atoms with E-state index in [0.717, 1.165) is 30.5 Å². The fourth-order valence-electron chi connectivity index (χ4n) is 4.23. The number of H-pyrrole nitrogens is 1. The summed E-state index contributed by atoms with van der Waals surface area (Å²) in [6.45, 7) is 5.52. The minimum Gasteiger partial charge on any atom is -0.493 e. The van der Waals surface area contributed by atoms with Crippen LogP contribution in [0.2, 0.25) is 0 Å². The second kappa shape index (κ2) is 9.95. The fourth-order valence-corrected chi connectivity index (χ4v) is 4.23. The van der Waals surface area contributed by atoms with Crippen LogP contribution in [-0.2, 0) is 11.3 Å². The normalized spacial score (nSPS) is 15.3. The van der Waals surface area contributed by atoms with Gasteiger partial charge in [-0.2, -0.15) is 0 Å². The van der Waals surface area contributed by atoms with E-state index in [9.17, 15) is 9.59 Å². The molecule has 1 fully saturated rings. The van der Waals surface area contributed by atoms with Crippen molar-refractivity contribution in [3.8, 4) is 11.5 Å². The molecule has 1 saturated heterocycles. The van der Waals surface area contributed by atoms with Crippen molar-refractivity contribution in [2.24, 2.45) is 0 Å². The van der Waals surface area contributed by atoms with Gasteiger partial charge in [-0.1, -0.05) is 30.3 Å². The summed E-state index contributed by atoms with van der Waals surface area (Å²) in [6.07, 6.45) is 0. The van der Waals surface area contributed by atoms with Gasteiger partial charge in [0.2, 0.25) is 5.91 Å². The van der Waals surface area contributed by atoms with Gasteiger partial charge in [-0.3, -0.25) is 14.5 Å². The van der Waals surface area contributed by atoms with Crippen molar-refractivity contribution in [2.45, 2.75) is 19.5 Å². The smallest absolute Gasteiger partial charge is 0.268 e. The zero-order valence-corrected chi connectivity index (χ0v) is 19.3. The molecule has 1 aliphatic heterocycles. The lowest BCUT2D eigenvalue weighted by atomic mass is 10.2. The van der Waals surface area contributed by atoms with Crippen LogP contribution in [0, 0.1) is 0 Å². The molecule has 8 heteroatoms. The van der Waals surface area contributed by atoms with Crippen molar-refractivity contribution in [1.29, 1.82) is 0 Å². The van der Waals surface area contributed by atoms with Crippen LogP contribution >= 0.6 is 0 Å². The summed E-state index contributed by atoms with van der Waals surface area (Å²) in [5, 5.41) is 3.57. The summed E-state index contributed by atoms with van der Waals surface area (Å²) in [5.74, 6) is 0.738. The molecule has 1 atom stereocenters. The Hall–Kier alpha value is -3.52. The van der Waals surface area contributed by atoms with Crippen molar-refractivity contribution >= 4 is 22.7 Å². The number of aromatic amines is 1. The molecule has 1 aliphatic rings. The monoisotopic (exact) mass is 450 g/mol. The highest BCUT2D eigenvalue weighted by atomic mass is 16.5. The maximum atomic E-state index is 12.9. The third kappa shape index (κ3) is 4.96. The minimum atomic E-state index is -0.624. The van der Waals surface area contributed by atoms with Crippen LogP contribution in [0.25, 0.3) is 10.9 Å². The Bertz CT molecular complexity index is 1120. The molecule has 2 heterocycles. The van der Waals surface area contributed by atoms with Gasteiger partial charge in [-0.25, -0.2) is 0 Å². The Kier molecular flexibility index (Phi) is 6.84. The number of piperazine rings is 1. The number of ether oxygens (including phenoxy) is 2. The van der Waals surface area contributed by atoms with E-state index in [1.807, 2.05) is 29.2 Å². The van der Waals surface area contributed by atoms with E-state index in [1.165, 1.54) is 5.56 Å². The molecule has 2 N–H and O–H groups in total. The molecule has 0 aliphatic carbocycles. The van der Waals surface area contributed by atoms with Crippen LogP contribution in [0.1, 0.15) is 23.0 Å². The van der Waals surface area contributed by atoms with Crippen molar-refractivity contribution in [1.82, 2.24) is 20.1 Å². The van der Waals surface area contributed by atoms with Crippen LogP contribution in [0.4, 0.5) is 0 Å². The summed E-state index contributed by atoms with van der Waals surface area (Å²) < 4.78 is 10.8. The number of carbonyl (C=O) groups excluding carboxylic acids is 2. The van der Waals surface area contributed by atoms with E-state index in [-0.39, 0.29) is 11.8 Å². The van der Waals surface area contributed by atoms with Crippen LogP contribution < -0.4 is 14.8 Å². The number of carbonyl (C=O) groups is 2. The zero-order valence-electron chi connectivity index (χ0n) is 19.3. The number of nitrogens with one attached hydrogen (secondary N) is 2. The van der Waals surface area contributed by atoms with Crippen LogP contribution in [0.3, 0.4) is 0 Å². The molecule has 1 aromatic heterocycles. The Labute approximate surface area is 193 Å². The molecule has 3 aromatic rings. The molecule has 4 rings (SSSR count). The van der Waals surface area contributed by atoms with E-state index >= 15 is 0 Å². The summed E-state index contributed by atoms with van der Waals surface area (Å²) in [6, 6.07) is 15.0. The van der Waals surface area contributed by atoms with E-state index in [2.05, 4.69) is 27.3 Å². The summed E-state index contributed by atoms with van der Waals surface area (Å²) >= 11 is 0.